The van der Waals surface area contributed by atoms with Gasteiger partial charge in [0.15, 0.2) is 0 Å². The van der Waals surface area contributed by atoms with Crippen LogP contribution in [0.2, 0.25) is 0 Å². The number of methoxy groups -OCH3 is 1. The van der Waals surface area contributed by atoms with Gasteiger partial charge < -0.3 is 19.9 Å². The number of benzene rings is 1. The number of nitrogens with one attached hydrogen (secondary N) is 1. The van der Waals surface area contributed by atoms with Gasteiger partial charge in [-0.05, 0) is 76.2 Å². The number of hydrogen-bond acceptors (Lipinski definition) is 6. The van der Waals surface area contributed by atoms with E-state index in [4.69, 9.17) is 4.74 Å². The molecule has 1 aliphatic rings. The fourth-order valence-corrected chi connectivity index (χ4v) is 5.60. The van der Waals surface area contributed by atoms with Crippen LogP contribution < -0.4 is 10.1 Å². The molecular weight excluding hydrogens is 478 g/mol. The minimum Gasteiger partial charge on any atom is -0.497 e. The summed E-state index contributed by atoms with van der Waals surface area (Å²) in [6.45, 7) is 5.54. The van der Waals surface area contributed by atoms with Gasteiger partial charge in [0.05, 0.1) is 23.9 Å². The number of carbonyl (C=O) groups is 2. The zero-order valence-electron chi connectivity index (χ0n) is 22.0. The molecule has 36 heavy (non-hydrogen) atoms. The van der Waals surface area contributed by atoms with E-state index >= 15 is 0 Å². The van der Waals surface area contributed by atoms with E-state index in [1.54, 1.807) is 30.6 Å². The number of nitrogens with zero attached hydrogens (tertiary/aromatic N) is 4. The number of carbonyl (C=O) groups excluding carboxylic acids is 2. The van der Waals surface area contributed by atoms with Crippen LogP contribution in [-0.4, -0.2) is 89.0 Å². The molecule has 0 saturated carbocycles. The van der Waals surface area contributed by atoms with Crippen LogP contribution in [0, 0.1) is 13.8 Å². The first-order chi connectivity index (χ1) is 17.1. The van der Waals surface area contributed by atoms with Gasteiger partial charge >= 0.3 is 0 Å². The van der Waals surface area contributed by atoms with Gasteiger partial charge in [0.2, 0.25) is 5.91 Å². The largest absolute Gasteiger partial charge is 0.497 e. The van der Waals surface area contributed by atoms with Crippen molar-refractivity contribution in [2.75, 3.05) is 53.2 Å². The first-order valence-electron chi connectivity index (χ1n) is 12.1. The van der Waals surface area contributed by atoms with Gasteiger partial charge in [0.1, 0.15) is 22.4 Å². The Labute approximate surface area is 216 Å². The van der Waals surface area contributed by atoms with E-state index in [-0.39, 0.29) is 18.2 Å². The predicted molar refractivity (Wildman–Crippen MR) is 142 cm³/mol. The van der Waals surface area contributed by atoms with E-state index in [1.807, 2.05) is 30.9 Å². The molecule has 1 aliphatic heterocycles. The first kappa shape index (κ1) is 27.8. The van der Waals surface area contributed by atoms with Crippen molar-refractivity contribution in [1.29, 1.82) is 0 Å². The Morgan fingerprint density at radius 2 is 1.78 bits per heavy atom. The maximum atomic E-state index is 13.1. The van der Waals surface area contributed by atoms with E-state index in [1.165, 1.54) is 6.20 Å². The molecule has 196 valence electrons. The smallest absolute Gasteiger partial charge is 0.272 e. The van der Waals surface area contributed by atoms with Gasteiger partial charge in [-0.3, -0.25) is 9.59 Å². The van der Waals surface area contributed by atoms with Crippen molar-refractivity contribution < 1.29 is 18.5 Å². The van der Waals surface area contributed by atoms with Crippen molar-refractivity contribution >= 4 is 28.5 Å². The number of aryl methyl sites for hydroxylation is 2. The third-order valence-electron chi connectivity index (χ3n) is 6.53. The highest BCUT2D eigenvalue weighted by molar-refractivity contribution is 7.82. The second-order valence-electron chi connectivity index (χ2n) is 9.41. The maximum absolute atomic E-state index is 13.1. The van der Waals surface area contributed by atoms with Crippen LogP contribution in [0.5, 0.6) is 5.75 Å². The van der Waals surface area contributed by atoms with Crippen molar-refractivity contribution in [2.45, 2.75) is 44.0 Å². The molecule has 1 saturated heterocycles. The van der Waals surface area contributed by atoms with Crippen molar-refractivity contribution in [2.24, 2.45) is 0 Å². The lowest BCUT2D eigenvalue weighted by atomic mass is 10.0. The van der Waals surface area contributed by atoms with Gasteiger partial charge in [-0.25, -0.2) is 13.5 Å². The highest BCUT2D eigenvalue weighted by Gasteiger charge is 2.25. The number of pyridine rings is 1. The molecular formula is C26H37N5O4S. The number of likely N-dealkylation sites (tertiary alicyclic amines) is 1. The molecule has 3 rings (SSSR count). The lowest BCUT2D eigenvalue weighted by molar-refractivity contribution is -0.116. The van der Waals surface area contributed by atoms with Gasteiger partial charge in [0.25, 0.3) is 5.91 Å². The van der Waals surface area contributed by atoms with E-state index < -0.39 is 11.0 Å². The second-order valence-corrected chi connectivity index (χ2v) is 10.9. The average molecular weight is 516 g/mol. The molecule has 1 unspecified atom stereocenters. The van der Waals surface area contributed by atoms with E-state index in [0.717, 1.165) is 34.6 Å². The monoisotopic (exact) mass is 515 g/mol. The number of ether oxygens (including phenoxy) is 1. The standard InChI is InChI=1S/C26H37N5O4S/c1-18-15-22(35-6)16-19(2)25(18)36(34)30(5)12-11-24(32)28-20-7-8-23(27-17-20)26(33)31-13-9-21(10-14-31)29(3)4/h7-8,15-17,21H,9-14H2,1-6H3,(H,28,32). The summed E-state index contributed by atoms with van der Waals surface area (Å²) in [6, 6.07) is 7.55. The van der Waals surface area contributed by atoms with Gasteiger partial charge in [0, 0.05) is 39.1 Å². The van der Waals surface area contributed by atoms with Crippen LogP contribution in [0.3, 0.4) is 0 Å². The van der Waals surface area contributed by atoms with Crippen LogP contribution >= 0.6 is 0 Å². The maximum Gasteiger partial charge on any atom is 0.272 e. The van der Waals surface area contributed by atoms with Crippen LogP contribution in [0.1, 0.15) is 40.9 Å². The van der Waals surface area contributed by atoms with Crippen molar-refractivity contribution in [3.05, 3.63) is 47.3 Å². The fourth-order valence-electron chi connectivity index (χ4n) is 4.37. The highest BCUT2D eigenvalue weighted by Crippen LogP contribution is 2.25. The number of aromatic nitrogens is 1. The topological polar surface area (TPSA) is 95.1 Å². The first-order valence-corrected chi connectivity index (χ1v) is 13.2. The molecule has 1 aromatic carbocycles. The summed E-state index contributed by atoms with van der Waals surface area (Å²) in [5, 5.41) is 2.80. The lowest BCUT2D eigenvalue weighted by Crippen LogP contribution is -2.44. The zero-order chi connectivity index (χ0) is 26.4. The Morgan fingerprint density at radius 1 is 1.14 bits per heavy atom. The lowest BCUT2D eigenvalue weighted by Gasteiger charge is -2.35. The molecule has 1 aromatic heterocycles. The van der Waals surface area contributed by atoms with Crippen molar-refractivity contribution in [3.8, 4) is 5.75 Å². The predicted octanol–water partition coefficient (Wildman–Crippen LogP) is 2.86. The molecule has 2 aromatic rings. The Balaban J connectivity index is 1.50. The summed E-state index contributed by atoms with van der Waals surface area (Å²) in [7, 11) is 6.07. The molecule has 1 N–H and O–H groups in total. The summed E-state index contributed by atoms with van der Waals surface area (Å²) in [5.41, 5.74) is 2.65. The SMILES string of the molecule is COc1cc(C)c(S(=O)N(C)CCC(=O)Nc2ccc(C(=O)N3CCC(N(C)C)CC3)nc2)c(C)c1. The summed E-state index contributed by atoms with van der Waals surface area (Å²) >= 11 is 0. The zero-order valence-corrected chi connectivity index (χ0v) is 22.9. The van der Waals surface area contributed by atoms with E-state index in [2.05, 4.69) is 29.3 Å². The molecule has 2 amide bonds. The van der Waals surface area contributed by atoms with E-state index in [0.29, 0.717) is 37.1 Å². The average Bonchev–Trinajstić information content (AvgIpc) is 2.86. The van der Waals surface area contributed by atoms with Gasteiger partial charge in [-0.2, -0.15) is 0 Å². The molecule has 1 atom stereocenters. The van der Waals surface area contributed by atoms with Crippen LogP contribution in [0.4, 0.5) is 5.69 Å². The number of amides is 2. The molecule has 10 heteroatoms. The van der Waals surface area contributed by atoms with Crippen LogP contribution in [0.25, 0.3) is 0 Å². The van der Waals surface area contributed by atoms with Crippen molar-refractivity contribution in [1.82, 2.24) is 19.1 Å². The summed E-state index contributed by atoms with van der Waals surface area (Å²) in [6.07, 6.45) is 3.56. The number of rotatable bonds is 9. The van der Waals surface area contributed by atoms with Crippen LogP contribution in [-0.2, 0) is 15.8 Å². The fraction of sp³-hybridized carbons (Fsp3) is 0.500. The van der Waals surface area contributed by atoms with Crippen molar-refractivity contribution in [3.63, 3.8) is 0 Å². The summed E-state index contributed by atoms with van der Waals surface area (Å²) < 4.78 is 20.0. The molecule has 9 nitrogen and oxygen atoms in total. The Bertz CT molecular complexity index is 1080. The minimum absolute atomic E-state index is 0.0849. The molecule has 0 radical (unpaired) electrons. The summed E-state index contributed by atoms with van der Waals surface area (Å²) in [5.74, 6) is 0.426. The number of piperidine rings is 1. The molecule has 0 bridgehead atoms. The molecule has 0 spiro atoms. The number of hydrogen-bond donors (Lipinski definition) is 1. The minimum atomic E-state index is -1.40. The third kappa shape index (κ3) is 6.89. The Morgan fingerprint density at radius 3 is 2.31 bits per heavy atom. The highest BCUT2D eigenvalue weighted by atomic mass is 32.2. The van der Waals surface area contributed by atoms with Gasteiger partial charge in [-0.15, -0.1) is 0 Å². The third-order valence-corrected chi connectivity index (χ3v) is 8.27. The molecule has 2 heterocycles. The molecule has 1 fully saturated rings. The quantitative estimate of drug-likeness (QED) is 0.552. The molecule has 0 aliphatic carbocycles. The van der Waals surface area contributed by atoms with Crippen LogP contribution in [0.15, 0.2) is 35.4 Å². The van der Waals surface area contributed by atoms with Gasteiger partial charge in [-0.1, -0.05) is 0 Å². The normalized spacial score (nSPS) is 15.3. The second kappa shape index (κ2) is 12.4. The Hall–Kier alpha value is -2.82. The van der Waals surface area contributed by atoms with E-state index in [9.17, 15) is 13.8 Å². The Kier molecular flexibility index (Phi) is 9.58. The number of anilines is 1. The summed E-state index contributed by atoms with van der Waals surface area (Å²) in [4.78, 5) is 34.3.